The monoisotopic (exact) mass is 429 g/mol. The normalized spacial score (nSPS) is 22.6. The van der Waals surface area contributed by atoms with Crippen molar-refractivity contribution in [2.24, 2.45) is 10.7 Å². The molecule has 1 saturated carbocycles. The minimum absolute atomic E-state index is 0.00278. The van der Waals surface area contributed by atoms with Gasteiger partial charge in [0.1, 0.15) is 11.5 Å². The van der Waals surface area contributed by atoms with E-state index >= 15 is 0 Å². The van der Waals surface area contributed by atoms with Gasteiger partial charge in [-0.3, -0.25) is 10.8 Å². The van der Waals surface area contributed by atoms with Gasteiger partial charge in [0.15, 0.2) is 11.6 Å². The van der Waals surface area contributed by atoms with Crippen molar-refractivity contribution in [3.05, 3.63) is 59.6 Å². The van der Waals surface area contributed by atoms with Gasteiger partial charge in [-0.05, 0) is 42.0 Å². The number of anilines is 1. The number of aromatic amines is 2. The van der Waals surface area contributed by atoms with Crippen LogP contribution in [0.3, 0.4) is 0 Å². The van der Waals surface area contributed by atoms with Crippen LogP contribution in [0.2, 0.25) is 0 Å². The first-order chi connectivity index (χ1) is 14.7. The number of nitrogens with two attached hydrogens (primary N) is 1. The molecule has 0 radical (unpaired) electrons. The van der Waals surface area contributed by atoms with Gasteiger partial charge < -0.3 is 15.6 Å². The molecule has 6 N–H and O–H groups in total. The molecule has 0 bridgehead atoms. The van der Waals surface area contributed by atoms with Gasteiger partial charge in [0, 0.05) is 41.4 Å². The number of H-pyrrole nitrogens is 2. The molecule has 0 spiro atoms. The van der Waals surface area contributed by atoms with Crippen molar-refractivity contribution in [3.63, 3.8) is 0 Å². The van der Waals surface area contributed by atoms with Gasteiger partial charge in [0.2, 0.25) is 0 Å². The molecular weight excluding hydrogens is 407 g/mol. The minimum atomic E-state index is -4.61. The van der Waals surface area contributed by atoms with E-state index in [1.165, 1.54) is 0 Å². The maximum absolute atomic E-state index is 13.7. The van der Waals surface area contributed by atoms with E-state index < -0.39 is 23.6 Å². The number of fused-ring (bicyclic) bond motifs is 1. The van der Waals surface area contributed by atoms with Crippen LogP contribution in [0.5, 0.6) is 0 Å². The summed E-state index contributed by atoms with van der Waals surface area (Å²) < 4.78 is 41.0. The molecular formula is C21H22F3N7. The van der Waals surface area contributed by atoms with Crippen molar-refractivity contribution in [2.45, 2.75) is 43.6 Å². The maximum Gasteiger partial charge on any atom is 0.431 e. The molecule has 2 unspecified atom stereocenters. The van der Waals surface area contributed by atoms with Crippen LogP contribution in [-0.4, -0.2) is 33.0 Å². The number of amidine groups is 1. The lowest BCUT2D eigenvalue weighted by Crippen LogP contribution is -2.59. The van der Waals surface area contributed by atoms with Gasteiger partial charge in [0.25, 0.3) is 0 Å². The number of halogens is 3. The van der Waals surface area contributed by atoms with E-state index in [0.29, 0.717) is 11.7 Å². The Hall–Kier alpha value is -3.27. The fourth-order valence-electron chi connectivity index (χ4n) is 3.80. The molecule has 3 aromatic rings. The Balaban J connectivity index is 1.48. The first kappa shape index (κ1) is 19.7. The molecule has 2 aliphatic rings. The third-order valence-corrected chi connectivity index (χ3v) is 5.84. The van der Waals surface area contributed by atoms with Crippen LogP contribution in [0, 0.1) is 0 Å². The summed E-state index contributed by atoms with van der Waals surface area (Å²) in [6.07, 6.45) is 0.279. The van der Waals surface area contributed by atoms with E-state index in [0.717, 1.165) is 41.1 Å². The van der Waals surface area contributed by atoms with Crippen molar-refractivity contribution in [3.8, 4) is 0 Å². The summed E-state index contributed by atoms with van der Waals surface area (Å²) in [6, 6.07) is 9.31. The number of nitrogens with one attached hydrogen (secondary N) is 4. The van der Waals surface area contributed by atoms with Crippen LogP contribution in [-0.2, 0) is 0 Å². The van der Waals surface area contributed by atoms with E-state index in [1.54, 1.807) is 19.2 Å². The highest BCUT2D eigenvalue weighted by Crippen LogP contribution is 2.39. The van der Waals surface area contributed by atoms with Gasteiger partial charge in [-0.1, -0.05) is 13.0 Å². The summed E-state index contributed by atoms with van der Waals surface area (Å²) in [6.45, 7) is 1.75. The first-order valence-electron chi connectivity index (χ1n) is 10.1. The van der Waals surface area contributed by atoms with Gasteiger partial charge >= 0.3 is 6.18 Å². The molecule has 7 nitrogen and oxygen atoms in total. The highest BCUT2D eigenvalue weighted by Gasteiger charge is 2.44. The third kappa shape index (κ3) is 3.78. The fourth-order valence-corrected chi connectivity index (χ4v) is 3.80. The van der Waals surface area contributed by atoms with Crippen LogP contribution in [0.1, 0.15) is 42.9 Å². The predicted molar refractivity (Wildman–Crippen MR) is 113 cm³/mol. The Bertz CT molecular complexity index is 1190. The Morgan fingerprint density at radius 1 is 1.23 bits per heavy atom. The molecule has 2 atom stereocenters. The van der Waals surface area contributed by atoms with Crippen LogP contribution < -0.4 is 16.4 Å². The zero-order valence-corrected chi connectivity index (χ0v) is 16.7. The summed E-state index contributed by atoms with van der Waals surface area (Å²) in [4.78, 5) is 7.52. The molecule has 3 heterocycles. The molecule has 162 valence electrons. The predicted octanol–water partition coefficient (Wildman–Crippen LogP) is 4.04. The van der Waals surface area contributed by atoms with Gasteiger partial charge in [-0.25, -0.2) is 4.99 Å². The lowest BCUT2D eigenvalue weighted by Gasteiger charge is -2.38. The van der Waals surface area contributed by atoms with Gasteiger partial charge in [-0.2, -0.15) is 18.3 Å². The zero-order chi connectivity index (χ0) is 21.8. The number of hydrogen-bond donors (Lipinski definition) is 5. The maximum atomic E-state index is 13.7. The fraction of sp³-hybridized carbons (Fsp3) is 0.333. The zero-order valence-electron chi connectivity index (χ0n) is 16.7. The first-order valence-corrected chi connectivity index (χ1v) is 10.1. The number of allylic oxidation sites excluding steroid dienone is 1. The number of alkyl halides is 3. The van der Waals surface area contributed by atoms with Crippen molar-refractivity contribution < 1.29 is 13.2 Å². The Labute approximate surface area is 176 Å². The number of benzene rings is 1. The molecule has 0 amide bonds. The lowest BCUT2D eigenvalue weighted by molar-refractivity contribution is -0.100. The Morgan fingerprint density at radius 3 is 2.77 bits per heavy atom. The summed E-state index contributed by atoms with van der Waals surface area (Å²) in [7, 11) is 0. The topological polar surface area (TPSA) is 107 Å². The Morgan fingerprint density at radius 2 is 2.03 bits per heavy atom. The van der Waals surface area contributed by atoms with Crippen molar-refractivity contribution in [1.82, 2.24) is 20.5 Å². The highest BCUT2D eigenvalue weighted by atomic mass is 19.4. The van der Waals surface area contributed by atoms with Crippen molar-refractivity contribution >= 4 is 22.6 Å². The second-order valence-corrected chi connectivity index (χ2v) is 8.16. The van der Waals surface area contributed by atoms with Crippen LogP contribution in [0.15, 0.2) is 53.3 Å². The summed E-state index contributed by atoms with van der Waals surface area (Å²) >= 11 is 0. The average molecular weight is 429 g/mol. The molecule has 2 aromatic heterocycles. The number of aromatic nitrogens is 3. The number of hydrogen-bond acceptors (Lipinski definition) is 5. The van der Waals surface area contributed by atoms with E-state index in [-0.39, 0.29) is 5.84 Å². The molecule has 1 aromatic carbocycles. The molecule has 10 heteroatoms. The SMILES string of the molecule is CC(c1ccc2[nH]ccc2c1)C1(N)N=C(Nc2cc(C3CC3)[nH]n2)C=C(C(F)(F)F)N1. The van der Waals surface area contributed by atoms with Crippen molar-refractivity contribution in [1.29, 1.82) is 0 Å². The van der Waals surface area contributed by atoms with E-state index in [2.05, 4.69) is 30.8 Å². The molecule has 1 aliphatic heterocycles. The molecule has 0 saturated heterocycles. The number of rotatable bonds is 4. The van der Waals surface area contributed by atoms with Crippen molar-refractivity contribution in [2.75, 3.05) is 5.32 Å². The summed E-state index contributed by atoms with van der Waals surface area (Å²) in [5.74, 6) is -1.42. The molecule has 1 fully saturated rings. The standard InChI is InChI=1S/C21H22F3N7/c1-11(13-4-5-15-14(8-13)6-7-26-15)21(25)28-17(20(22,23)24)10-18(29-21)27-19-9-16(30-31-19)12-2-3-12/h4-12,26,28H,2-3,25H2,1H3,(H2,27,29,30,31). The summed E-state index contributed by atoms with van der Waals surface area (Å²) in [5, 5.41) is 13.3. The second-order valence-electron chi connectivity index (χ2n) is 8.16. The van der Waals surface area contributed by atoms with E-state index in [1.807, 2.05) is 24.3 Å². The van der Waals surface area contributed by atoms with E-state index in [9.17, 15) is 13.2 Å². The van der Waals surface area contributed by atoms with Crippen LogP contribution >= 0.6 is 0 Å². The number of nitrogens with zero attached hydrogens (tertiary/aromatic N) is 2. The second kappa shape index (κ2) is 6.88. The quantitative estimate of drug-likeness (QED) is 0.431. The average Bonchev–Trinajstić information content (AvgIpc) is 3.28. The van der Waals surface area contributed by atoms with Gasteiger partial charge in [-0.15, -0.1) is 0 Å². The largest absolute Gasteiger partial charge is 0.431 e. The third-order valence-electron chi connectivity index (χ3n) is 5.84. The van der Waals surface area contributed by atoms with Gasteiger partial charge in [0.05, 0.1) is 0 Å². The number of aliphatic imine (C=N–C) groups is 1. The lowest BCUT2D eigenvalue weighted by atomic mass is 9.92. The Kier molecular flexibility index (Phi) is 4.37. The molecule has 5 rings (SSSR count). The van der Waals surface area contributed by atoms with E-state index in [4.69, 9.17) is 5.73 Å². The molecule has 1 aliphatic carbocycles. The highest BCUT2D eigenvalue weighted by molar-refractivity contribution is 6.04. The summed E-state index contributed by atoms with van der Waals surface area (Å²) in [5.41, 5.74) is 8.14. The minimum Gasteiger partial charge on any atom is -0.361 e. The molecule has 31 heavy (non-hydrogen) atoms. The van der Waals surface area contributed by atoms with Crippen LogP contribution in [0.4, 0.5) is 19.0 Å². The smallest absolute Gasteiger partial charge is 0.361 e. The van der Waals surface area contributed by atoms with Crippen LogP contribution in [0.25, 0.3) is 10.9 Å².